The predicted molar refractivity (Wildman–Crippen MR) is 99.6 cm³/mol. The monoisotopic (exact) mass is 430 g/mol. The van der Waals surface area contributed by atoms with Crippen molar-refractivity contribution < 1.29 is 52.5 Å². The van der Waals surface area contributed by atoms with Crippen LogP contribution in [-0.4, -0.2) is 98.0 Å². The molecule has 1 heterocycles. The summed E-state index contributed by atoms with van der Waals surface area (Å²) in [5.74, 6) is -1.33. The van der Waals surface area contributed by atoms with Crippen LogP contribution >= 0.6 is 0 Å². The van der Waals surface area contributed by atoms with Crippen LogP contribution in [0.15, 0.2) is 0 Å². The molecule has 0 bridgehead atoms. The third-order valence-electron chi connectivity index (χ3n) is 4.14. The van der Waals surface area contributed by atoms with Crippen LogP contribution in [0.4, 0.5) is 0 Å². The van der Waals surface area contributed by atoms with Crippen molar-refractivity contribution in [3.8, 4) is 12.3 Å². The summed E-state index contributed by atoms with van der Waals surface area (Å²) in [6.07, 6.45) is -2.15. The molecule has 0 aliphatic carbocycles. The highest BCUT2D eigenvalue weighted by Gasteiger charge is 2.55. The summed E-state index contributed by atoms with van der Waals surface area (Å²) in [5, 5.41) is 9.54. The molecule has 0 radical (unpaired) electrons. The van der Waals surface area contributed by atoms with Gasteiger partial charge in [-0.1, -0.05) is 0 Å². The Morgan fingerprint density at radius 1 is 0.967 bits per heavy atom. The maximum Gasteiger partial charge on any atom is 0.337 e. The molecular weight excluding hydrogens is 402 g/mol. The maximum atomic E-state index is 11.7. The number of terminal acetylenes is 1. The van der Waals surface area contributed by atoms with Crippen LogP contribution in [0.2, 0.25) is 0 Å². The van der Waals surface area contributed by atoms with E-state index >= 15 is 0 Å². The molecular formula is C19H28NO10+. The minimum atomic E-state index is -1.72. The lowest BCUT2D eigenvalue weighted by Crippen LogP contribution is -2.63. The van der Waals surface area contributed by atoms with Crippen molar-refractivity contribution in [2.75, 3.05) is 33.8 Å². The normalized spacial score (nSPS) is 26.2. The second-order valence-electron chi connectivity index (χ2n) is 7.38. The number of carbonyl (C=O) groups excluding carboxylic acids is 3. The van der Waals surface area contributed by atoms with Crippen molar-refractivity contribution in [3.63, 3.8) is 0 Å². The van der Waals surface area contributed by atoms with Gasteiger partial charge in [0.05, 0.1) is 20.7 Å². The number of carboxylic acids is 1. The Bertz CT molecular complexity index is 698. The van der Waals surface area contributed by atoms with Crippen molar-refractivity contribution in [2.24, 2.45) is 0 Å². The van der Waals surface area contributed by atoms with Gasteiger partial charge in [0, 0.05) is 20.8 Å². The highest BCUT2D eigenvalue weighted by Crippen LogP contribution is 2.29. The van der Waals surface area contributed by atoms with E-state index in [0.29, 0.717) is 17.6 Å². The molecule has 0 aromatic carbocycles. The van der Waals surface area contributed by atoms with E-state index < -0.39 is 54.6 Å². The Hall–Kier alpha value is -2.68. The Morgan fingerprint density at radius 2 is 1.47 bits per heavy atom. The van der Waals surface area contributed by atoms with E-state index in [0.717, 1.165) is 20.8 Å². The fraction of sp³-hybridized carbons (Fsp3) is 0.684. The fourth-order valence-corrected chi connectivity index (χ4v) is 2.85. The number of hydrogen-bond donors (Lipinski definition) is 1. The number of carboxylic acid groups (broad SMARTS) is 1. The first-order valence-corrected chi connectivity index (χ1v) is 9.15. The van der Waals surface area contributed by atoms with E-state index in [1.165, 1.54) is 0 Å². The highest BCUT2D eigenvalue weighted by molar-refractivity contribution is 5.75. The Labute approximate surface area is 174 Å². The van der Waals surface area contributed by atoms with Crippen LogP contribution in [0.25, 0.3) is 0 Å². The summed E-state index contributed by atoms with van der Waals surface area (Å²) < 4.78 is 26.9. The predicted octanol–water partition coefficient (Wildman–Crippen LogP) is -0.683. The van der Waals surface area contributed by atoms with Gasteiger partial charge in [-0.05, 0) is 5.92 Å². The number of nitrogens with zero attached hydrogens (tertiary/aromatic N) is 1. The van der Waals surface area contributed by atoms with Crippen LogP contribution in [0.1, 0.15) is 20.8 Å². The molecule has 1 rings (SSSR count). The average Bonchev–Trinajstić information content (AvgIpc) is 2.57. The summed E-state index contributed by atoms with van der Waals surface area (Å²) in [6.45, 7) is 4.16. The van der Waals surface area contributed by atoms with Crippen molar-refractivity contribution in [1.82, 2.24) is 0 Å². The van der Waals surface area contributed by atoms with E-state index in [1.54, 1.807) is 0 Å². The second-order valence-corrected chi connectivity index (χ2v) is 7.38. The number of ether oxygens (including phenoxy) is 5. The standard InChI is InChI=1S/C19H27NO10/c1-7-8-20(5,6)9-10-26-19-17(29-13(4)23)15(28-12(3)22)14(27-11(2)21)16(30-19)18(24)25/h1,14-17,19H,8-10H2,2-6H3/p+1/t14-,15-,16-,17+,19+/m0/s1. The molecule has 11 heteroatoms. The highest BCUT2D eigenvalue weighted by atomic mass is 16.7. The zero-order valence-electron chi connectivity index (χ0n) is 17.7. The van der Waals surface area contributed by atoms with Gasteiger partial charge in [0.15, 0.2) is 30.7 Å². The van der Waals surface area contributed by atoms with Crippen molar-refractivity contribution >= 4 is 23.9 Å². The largest absolute Gasteiger partial charge is 0.479 e. The SMILES string of the molecule is C#CC[N+](C)(C)CCO[C@@H]1O[C@H](C(=O)O)[C@@H](OC(C)=O)[C@H](OC(C)=O)[C@H]1OC(C)=O. The number of esters is 3. The van der Waals surface area contributed by atoms with E-state index in [4.69, 9.17) is 30.1 Å². The lowest BCUT2D eigenvalue weighted by atomic mass is 9.98. The molecule has 0 amide bonds. The van der Waals surface area contributed by atoms with Gasteiger partial charge in [-0.3, -0.25) is 14.4 Å². The number of quaternary nitrogens is 1. The summed E-state index contributed by atoms with van der Waals surface area (Å²) in [5.41, 5.74) is 0. The lowest BCUT2D eigenvalue weighted by Gasteiger charge is -2.43. The Morgan fingerprint density at radius 3 is 1.93 bits per heavy atom. The summed E-state index contributed by atoms with van der Waals surface area (Å²) in [7, 11) is 3.74. The molecule has 1 aliphatic rings. The maximum absolute atomic E-state index is 11.7. The van der Waals surface area contributed by atoms with Crippen molar-refractivity contribution in [2.45, 2.75) is 51.5 Å². The zero-order valence-corrected chi connectivity index (χ0v) is 17.7. The molecule has 0 saturated carbocycles. The second kappa shape index (κ2) is 10.9. The number of hydrogen-bond acceptors (Lipinski definition) is 9. The minimum Gasteiger partial charge on any atom is -0.479 e. The molecule has 0 spiro atoms. The van der Waals surface area contributed by atoms with E-state index in [-0.39, 0.29) is 6.61 Å². The average molecular weight is 430 g/mol. The zero-order chi connectivity index (χ0) is 23.1. The summed E-state index contributed by atoms with van der Waals surface area (Å²) >= 11 is 0. The van der Waals surface area contributed by atoms with Gasteiger partial charge < -0.3 is 33.3 Å². The molecule has 11 nitrogen and oxygen atoms in total. The smallest absolute Gasteiger partial charge is 0.337 e. The molecule has 1 aliphatic heterocycles. The van der Waals surface area contributed by atoms with Gasteiger partial charge in [-0.15, -0.1) is 6.42 Å². The van der Waals surface area contributed by atoms with E-state index in [1.807, 2.05) is 14.1 Å². The summed E-state index contributed by atoms with van der Waals surface area (Å²) in [4.78, 5) is 46.5. The summed E-state index contributed by atoms with van der Waals surface area (Å²) in [6, 6.07) is 0. The van der Waals surface area contributed by atoms with E-state index in [2.05, 4.69) is 5.92 Å². The fourth-order valence-electron chi connectivity index (χ4n) is 2.85. The minimum absolute atomic E-state index is 0.0640. The third-order valence-corrected chi connectivity index (χ3v) is 4.14. The number of aliphatic carboxylic acids is 1. The lowest BCUT2D eigenvalue weighted by molar-refractivity contribution is -0.883. The number of likely N-dealkylation sites (N-methyl/N-ethyl adjacent to an activating group) is 1. The van der Waals surface area contributed by atoms with Gasteiger partial charge in [0.1, 0.15) is 13.1 Å². The first-order valence-electron chi connectivity index (χ1n) is 9.15. The number of rotatable bonds is 9. The molecule has 1 saturated heterocycles. The first-order chi connectivity index (χ1) is 13.9. The van der Waals surface area contributed by atoms with E-state index in [9.17, 15) is 24.3 Å². The Kier molecular flexibility index (Phi) is 9.22. The molecule has 5 atom stereocenters. The first kappa shape index (κ1) is 25.4. The van der Waals surface area contributed by atoms with Crippen molar-refractivity contribution in [1.29, 1.82) is 0 Å². The van der Waals surface area contributed by atoms with Crippen LogP contribution < -0.4 is 0 Å². The van der Waals surface area contributed by atoms with Gasteiger partial charge in [-0.25, -0.2) is 4.79 Å². The molecule has 30 heavy (non-hydrogen) atoms. The molecule has 1 N–H and O–H groups in total. The van der Waals surface area contributed by atoms with Gasteiger partial charge >= 0.3 is 23.9 Å². The molecule has 0 aromatic rings. The van der Waals surface area contributed by atoms with Gasteiger partial charge in [-0.2, -0.15) is 0 Å². The molecule has 1 fully saturated rings. The van der Waals surface area contributed by atoms with Gasteiger partial charge in [0.25, 0.3) is 0 Å². The van der Waals surface area contributed by atoms with Gasteiger partial charge in [0.2, 0.25) is 0 Å². The quantitative estimate of drug-likeness (QED) is 0.217. The molecule has 0 unspecified atom stereocenters. The third kappa shape index (κ3) is 7.62. The number of carbonyl (C=O) groups is 4. The topological polar surface area (TPSA) is 135 Å². The van der Waals surface area contributed by atoms with Crippen LogP contribution in [-0.2, 0) is 42.9 Å². The van der Waals surface area contributed by atoms with Crippen LogP contribution in [0.5, 0.6) is 0 Å². The van der Waals surface area contributed by atoms with Crippen LogP contribution in [0.3, 0.4) is 0 Å². The molecule has 168 valence electrons. The Balaban J connectivity index is 3.19. The van der Waals surface area contributed by atoms with Crippen LogP contribution in [0, 0.1) is 12.3 Å². The van der Waals surface area contributed by atoms with Crippen molar-refractivity contribution in [3.05, 3.63) is 0 Å². The molecule has 0 aromatic heterocycles.